The lowest BCUT2D eigenvalue weighted by atomic mass is 9.70. The molecule has 1 fully saturated rings. The first-order chi connectivity index (χ1) is 9.90. The van der Waals surface area contributed by atoms with Gasteiger partial charge in [-0.05, 0) is 25.0 Å². The molecule has 20 heavy (non-hydrogen) atoms. The van der Waals surface area contributed by atoms with Gasteiger partial charge >= 0.3 is 0 Å². The van der Waals surface area contributed by atoms with E-state index >= 15 is 0 Å². The van der Waals surface area contributed by atoms with Crippen LogP contribution in [0.3, 0.4) is 0 Å². The molecule has 0 N–H and O–H groups in total. The van der Waals surface area contributed by atoms with Crippen molar-refractivity contribution in [1.29, 1.82) is 0 Å². The SMILES string of the molecule is c1cc2nc(c1)C1CCC1c1cccc(n1)OCCO2. The van der Waals surface area contributed by atoms with E-state index in [9.17, 15) is 0 Å². The van der Waals surface area contributed by atoms with Crippen LogP contribution in [0, 0.1) is 0 Å². The summed E-state index contributed by atoms with van der Waals surface area (Å²) in [6, 6.07) is 12.0. The zero-order valence-corrected chi connectivity index (χ0v) is 11.2. The van der Waals surface area contributed by atoms with Gasteiger partial charge in [-0.25, -0.2) is 9.97 Å². The van der Waals surface area contributed by atoms with Gasteiger partial charge in [-0.1, -0.05) is 12.1 Å². The molecule has 4 rings (SSSR count). The van der Waals surface area contributed by atoms with Crippen molar-refractivity contribution in [3.05, 3.63) is 47.8 Å². The highest BCUT2D eigenvalue weighted by molar-refractivity contribution is 5.29. The minimum absolute atomic E-state index is 0.445. The van der Waals surface area contributed by atoms with Gasteiger partial charge in [0.25, 0.3) is 0 Å². The van der Waals surface area contributed by atoms with Crippen LogP contribution in [0.25, 0.3) is 0 Å². The van der Waals surface area contributed by atoms with Crippen LogP contribution >= 0.6 is 0 Å². The van der Waals surface area contributed by atoms with Crippen molar-refractivity contribution in [2.24, 2.45) is 0 Å². The lowest BCUT2D eigenvalue weighted by molar-refractivity contribution is 0.202. The average Bonchev–Trinajstić information content (AvgIpc) is 2.43. The Morgan fingerprint density at radius 2 is 1.25 bits per heavy atom. The van der Waals surface area contributed by atoms with Crippen molar-refractivity contribution < 1.29 is 9.47 Å². The van der Waals surface area contributed by atoms with Crippen molar-refractivity contribution in [3.8, 4) is 11.8 Å². The average molecular weight is 268 g/mol. The smallest absolute Gasteiger partial charge is 0.213 e. The normalized spacial score (nSPS) is 24.0. The fourth-order valence-electron chi connectivity index (χ4n) is 2.94. The maximum Gasteiger partial charge on any atom is 0.213 e. The molecule has 2 unspecified atom stereocenters. The van der Waals surface area contributed by atoms with E-state index in [-0.39, 0.29) is 0 Å². The number of ether oxygens (including phenoxy) is 2. The fourth-order valence-corrected chi connectivity index (χ4v) is 2.94. The number of hydrogen-bond donors (Lipinski definition) is 0. The summed E-state index contributed by atoms with van der Waals surface area (Å²) in [4.78, 5) is 9.25. The number of pyridine rings is 2. The molecule has 0 saturated heterocycles. The highest BCUT2D eigenvalue weighted by Crippen LogP contribution is 2.48. The van der Waals surface area contributed by atoms with Crippen LogP contribution in [0.1, 0.15) is 36.1 Å². The van der Waals surface area contributed by atoms with E-state index in [1.807, 2.05) is 24.3 Å². The van der Waals surface area contributed by atoms with Crippen LogP contribution in [-0.4, -0.2) is 23.2 Å². The summed E-state index contributed by atoms with van der Waals surface area (Å²) in [5, 5.41) is 0. The van der Waals surface area contributed by atoms with Crippen molar-refractivity contribution >= 4 is 0 Å². The summed E-state index contributed by atoms with van der Waals surface area (Å²) < 4.78 is 11.3. The van der Waals surface area contributed by atoms with Crippen molar-refractivity contribution in [1.82, 2.24) is 9.97 Å². The summed E-state index contributed by atoms with van der Waals surface area (Å²) in [5.74, 6) is 2.27. The molecule has 102 valence electrons. The molecule has 0 spiro atoms. The van der Waals surface area contributed by atoms with Gasteiger partial charge in [-0.3, -0.25) is 0 Å². The van der Waals surface area contributed by atoms with Gasteiger partial charge in [0.1, 0.15) is 13.2 Å². The summed E-state index contributed by atoms with van der Waals surface area (Å²) in [6.45, 7) is 0.965. The Morgan fingerprint density at radius 3 is 1.70 bits per heavy atom. The lowest BCUT2D eigenvalue weighted by Gasteiger charge is -2.36. The third-order valence-electron chi connectivity index (χ3n) is 4.11. The molecule has 0 amide bonds. The second-order valence-corrected chi connectivity index (χ2v) is 5.29. The Morgan fingerprint density at radius 1 is 0.750 bits per heavy atom. The third-order valence-corrected chi connectivity index (χ3v) is 4.11. The molecule has 2 aromatic heterocycles. The molecule has 4 heteroatoms. The third kappa shape index (κ3) is 2.01. The molecule has 2 aromatic rings. The molecular weight excluding hydrogens is 252 g/mol. The van der Waals surface area contributed by atoms with Crippen LogP contribution < -0.4 is 9.47 Å². The van der Waals surface area contributed by atoms with Gasteiger partial charge in [-0.2, -0.15) is 0 Å². The topological polar surface area (TPSA) is 44.2 Å². The predicted octanol–water partition coefficient (Wildman–Crippen LogP) is 2.91. The second-order valence-electron chi connectivity index (χ2n) is 5.29. The molecule has 1 saturated carbocycles. The van der Waals surface area contributed by atoms with Crippen LogP contribution in [0.5, 0.6) is 11.8 Å². The molecule has 0 aromatic carbocycles. The summed E-state index contributed by atoms with van der Waals surface area (Å²) in [5.41, 5.74) is 2.24. The molecule has 2 aliphatic rings. The van der Waals surface area contributed by atoms with Crippen LogP contribution in [0.4, 0.5) is 0 Å². The van der Waals surface area contributed by atoms with Crippen molar-refractivity contribution in [2.75, 3.05) is 13.2 Å². The van der Waals surface area contributed by atoms with E-state index in [0.29, 0.717) is 36.8 Å². The van der Waals surface area contributed by atoms with E-state index in [1.165, 1.54) is 0 Å². The highest BCUT2D eigenvalue weighted by Gasteiger charge is 2.35. The Kier molecular flexibility index (Phi) is 2.80. The maximum absolute atomic E-state index is 5.63. The highest BCUT2D eigenvalue weighted by atomic mass is 16.5. The Bertz CT molecular complexity index is 574. The van der Waals surface area contributed by atoms with Crippen LogP contribution in [-0.2, 0) is 0 Å². The lowest BCUT2D eigenvalue weighted by Crippen LogP contribution is -2.24. The van der Waals surface area contributed by atoms with Gasteiger partial charge in [-0.15, -0.1) is 0 Å². The molecule has 2 atom stereocenters. The molecule has 1 aliphatic heterocycles. The second kappa shape index (κ2) is 4.78. The standard InChI is InChI=1S/C16H16N2O2/c1-3-13-11-7-8-12(11)14-4-2-6-16(18-14)20-10-9-19-15(5-1)17-13/h1-6,11-12H,7-10H2. The monoisotopic (exact) mass is 268 g/mol. The van der Waals surface area contributed by atoms with E-state index in [1.54, 1.807) is 0 Å². The zero-order chi connectivity index (χ0) is 13.4. The van der Waals surface area contributed by atoms with Gasteiger partial charge in [0.15, 0.2) is 0 Å². The number of fused-ring (bicyclic) bond motifs is 7. The summed E-state index contributed by atoms with van der Waals surface area (Å²) in [6.07, 6.45) is 2.32. The first kappa shape index (κ1) is 11.7. The number of rotatable bonds is 0. The number of aromatic nitrogens is 2. The predicted molar refractivity (Wildman–Crippen MR) is 74.2 cm³/mol. The van der Waals surface area contributed by atoms with Gasteiger partial charge in [0, 0.05) is 35.4 Å². The van der Waals surface area contributed by atoms with E-state index in [4.69, 9.17) is 9.47 Å². The first-order valence-corrected chi connectivity index (χ1v) is 7.10. The van der Waals surface area contributed by atoms with Crippen molar-refractivity contribution in [3.63, 3.8) is 0 Å². The quantitative estimate of drug-likeness (QED) is 0.737. The largest absolute Gasteiger partial charge is 0.474 e. The summed E-state index contributed by atoms with van der Waals surface area (Å²) >= 11 is 0. The van der Waals surface area contributed by atoms with Gasteiger partial charge in [0.05, 0.1) is 0 Å². The van der Waals surface area contributed by atoms with Gasteiger partial charge in [0.2, 0.25) is 11.8 Å². The van der Waals surface area contributed by atoms with Crippen LogP contribution in [0.2, 0.25) is 0 Å². The Labute approximate surface area is 117 Å². The van der Waals surface area contributed by atoms with E-state index < -0.39 is 0 Å². The zero-order valence-electron chi connectivity index (χ0n) is 11.2. The minimum atomic E-state index is 0.445. The number of hydrogen-bond acceptors (Lipinski definition) is 4. The van der Waals surface area contributed by atoms with Crippen LogP contribution in [0.15, 0.2) is 36.4 Å². The molecule has 1 aliphatic carbocycles. The molecular formula is C16H16N2O2. The molecule has 4 nitrogen and oxygen atoms in total. The Balaban J connectivity index is 1.75. The number of nitrogens with zero attached hydrogens (tertiary/aromatic N) is 2. The van der Waals surface area contributed by atoms with Gasteiger partial charge < -0.3 is 9.47 Å². The summed E-state index contributed by atoms with van der Waals surface area (Å²) in [7, 11) is 0. The molecule has 3 heterocycles. The van der Waals surface area contributed by atoms with Crippen molar-refractivity contribution in [2.45, 2.75) is 24.7 Å². The molecule has 0 radical (unpaired) electrons. The van der Waals surface area contributed by atoms with E-state index in [0.717, 1.165) is 24.2 Å². The minimum Gasteiger partial charge on any atom is -0.474 e. The maximum atomic E-state index is 5.63. The fraction of sp³-hybridized carbons (Fsp3) is 0.375. The Hall–Kier alpha value is -2.10. The van der Waals surface area contributed by atoms with E-state index in [2.05, 4.69) is 22.1 Å². The molecule has 4 bridgehead atoms. The first-order valence-electron chi connectivity index (χ1n) is 7.10.